The maximum atomic E-state index is 13.0. The number of nitrogens with zero attached hydrogens (tertiary/aromatic N) is 5. The van der Waals surface area contributed by atoms with Gasteiger partial charge in [0.25, 0.3) is 5.91 Å². The number of aliphatic imine (C=N–C) groups is 1. The standard InChI is InChI=1S/C29H28N6O3S/c1-19-7-6-8-21(15-19)38-14-13-34-18-20(22-9-2-3-10-24(22)34)16-23-27(30)35-29(31-28(23)37)39-25(32-35)17-26(36)33-11-4-5-12-33/h2-3,6-10,15-16,18,30H,4-5,11-14,17H2,1H3/b23-16+,30-27?. The van der Waals surface area contributed by atoms with Gasteiger partial charge in [-0.3, -0.25) is 15.0 Å². The van der Waals surface area contributed by atoms with Crippen molar-refractivity contribution in [1.82, 2.24) is 14.5 Å². The van der Waals surface area contributed by atoms with E-state index in [1.807, 2.05) is 66.6 Å². The fourth-order valence-electron chi connectivity index (χ4n) is 5.01. The van der Waals surface area contributed by atoms with E-state index in [4.69, 9.17) is 10.1 Å². The number of hydrogen-bond donors (Lipinski definition) is 1. The number of carbonyl (C=O) groups excluding carboxylic acids is 2. The van der Waals surface area contributed by atoms with Crippen LogP contribution >= 0.6 is 11.8 Å². The summed E-state index contributed by atoms with van der Waals surface area (Å²) < 4.78 is 8.05. The second-order valence-electron chi connectivity index (χ2n) is 9.74. The summed E-state index contributed by atoms with van der Waals surface area (Å²) >= 11 is 1.18. The Bertz CT molecular complexity index is 1580. The third-order valence-corrected chi connectivity index (χ3v) is 7.88. The molecular weight excluding hydrogens is 512 g/mol. The zero-order chi connectivity index (χ0) is 26.9. The Kier molecular flexibility index (Phi) is 6.78. The summed E-state index contributed by atoms with van der Waals surface area (Å²) in [6.07, 6.45) is 5.87. The Hall–Kier alpha value is -4.18. The number of rotatable bonds is 7. The van der Waals surface area contributed by atoms with Crippen molar-refractivity contribution in [3.63, 3.8) is 0 Å². The van der Waals surface area contributed by atoms with Crippen LogP contribution in [0.1, 0.15) is 30.4 Å². The van der Waals surface area contributed by atoms with Gasteiger partial charge in [0.05, 0.1) is 18.5 Å². The first-order valence-corrected chi connectivity index (χ1v) is 13.8. The van der Waals surface area contributed by atoms with Gasteiger partial charge in [-0.2, -0.15) is 15.1 Å². The molecule has 1 saturated heterocycles. The number of aryl methyl sites for hydroxylation is 1. The number of ether oxygens (including phenoxy) is 1. The molecule has 1 aromatic heterocycles. The average molecular weight is 541 g/mol. The Labute approximate surface area is 230 Å². The molecule has 0 unspecified atom stereocenters. The van der Waals surface area contributed by atoms with E-state index in [9.17, 15) is 9.59 Å². The van der Waals surface area contributed by atoms with Gasteiger partial charge in [0, 0.05) is 35.8 Å². The third kappa shape index (κ3) is 5.12. The van der Waals surface area contributed by atoms with Crippen molar-refractivity contribution in [1.29, 1.82) is 5.41 Å². The largest absolute Gasteiger partial charge is 0.492 e. The van der Waals surface area contributed by atoms with Crippen molar-refractivity contribution in [2.45, 2.75) is 32.7 Å². The lowest BCUT2D eigenvalue weighted by Crippen LogP contribution is -2.35. The van der Waals surface area contributed by atoms with E-state index in [2.05, 4.69) is 14.7 Å². The zero-order valence-corrected chi connectivity index (χ0v) is 22.4. The lowest BCUT2D eigenvalue weighted by molar-refractivity contribution is -0.128. The monoisotopic (exact) mass is 540 g/mol. The van der Waals surface area contributed by atoms with Gasteiger partial charge in [0.2, 0.25) is 11.1 Å². The van der Waals surface area contributed by atoms with Crippen LogP contribution < -0.4 is 4.74 Å². The Morgan fingerprint density at radius 2 is 1.97 bits per heavy atom. The smallest absolute Gasteiger partial charge is 0.283 e. The highest BCUT2D eigenvalue weighted by Crippen LogP contribution is 2.31. The molecule has 3 aliphatic rings. The lowest BCUT2D eigenvalue weighted by atomic mass is 10.1. The second-order valence-corrected chi connectivity index (χ2v) is 10.8. The summed E-state index contributed by atoms with van der Waals surface area (Å²) in [5.74, 6) is 0.322. The van der Waals surface area contributed by atoms with Gasteiger partial charge in [-0.1, -0.05) is 30.3 Å². The molecule has 3 aromatic rings. The molecule has 3 aliphatic heterocycles. The summed E-state index contributed by atoms with van der Waals surface area (Å²) in [6, 6.07) is 15.9. The van der Waals surface area contributed by atoms with Crippen molar-refractivity contribution < 1.29 is 14.3 Å². The fourth-order valence-corrected chi connectivity index (χ4v) is 5.88. The number of para-hydroxylation sites is 1. The SMILES string of the molecule is Cc1cccc(OCCn2cc(/C=C3\C(=N)N4N=C(CC(=O)N5CCCC5)SC4=NC3=O)c3ccccc32)c1. The number of thioether (sulfide) groups is 1. The van der Waals surface area contributed by atoms with Crippen LogP contribution in [0.3, 0.4) is 0 Å². The summed E-state index contributed by atoms with van der Waals surface area (Å²) in [6.45, 7) is 4.68. The second kappa shape index (κ2) is 10.5. The normalized spacial score (nSPS) is 18.1. The maximum absolute atomic E-state index is 13.0. The first-order valence-electron chi connectivity index (χ1n) is 13.0. The number of hydrazone groups is 1. The topological polar surface area (TPSA) is 103 Å². The van der Waals surface area contributed by atoms with Crippen LogP contribution in [-0.2, 0) is 16.1 Å². The highest BCUT2D eigenvalue weighted by Gasteiger charge is 2.36. The van der Waals surface area contributed by atoms with Crippen LogP contribution in [0.2, 0.25) is 0 Å². The predicted molar refractivity (Wildman–Crippen MR) is 154 cm³/mol. The van der Waals surface area contributed by atoms with Crippen molar-refractivity contribution in [3.05, 3.63) is 71.4 Å². The van der Waals surface area contributed by atoms with Crippen LogP contribution in [0.5, 0.6) is 5.75 Å². The summed E-state index contributed by atoms with van der Waals surface area (Å²) in [4.78, 5) is 31.6. The average Bonchev–Trinajstić information content (AvgIpc) is 3.67. The van der Waals surface area contributed by atoms with Crippen LogP contribution in [-0.4, -0.2) is 62.0 Å². The molecule has 0 bridgehead atoms. The van der Waals surface area contributed by atoms with E-state index in [0.29, 0.717) is 23.4 Å². The van der Waals surface area contributed by atoms with Gasteiger partial charge in [0.1, 0.15) is 17.4 Å². The highest BCUT2D eigenvalue weighted by atomic mass is 32.2. The maximum Gasteiger partial charge on any atom is 0.283 e. The van der Waals surface area contributed by atoms with Gasteiger partial charge in [-0.05, 0) is 61.4 Å². The van der Waals surface area contributed by atoms with Gasteiger partial charge < -0.3 is 14.2 Å². The molecule has 39 heavy (non-hydrogen) atoms. The Morgan fingerprint density at radius 3 is 2.79 bits per heavy atom. The van der Waals surface area contributed by atoms with Crippen molar-refractivity contribution in [3.8, 4) is 5.75 Å². The molecule has 0 radical (unpaired) electrons. The molecule has 4 heterocycles. The summed E-state index contributed by atoms with van der Waals surface area (Å²) in [7, 11) is 0. The summed E-state index contributed by atoms with van der Waals surface area (Å²) in [5, 5.41) is 16.4. The molecular formula is C29H28N6O3S. The van der Waals surface area contributed by atoms with E-state index < -0.39 is 5.91 Å². The van der Waals surface area contributed by atoms with E-state index in [-0.39, 0.29) is 23.7 Å². The number of fused-ring (bicyclic) bond motifs is 2. The van der Waals surface area contributed by atoms with E-state index in [1.165, 1.54) is 16.8 Å². The lowest BCUT2D eigenvalue weighted by Gasteiger charge is -2.20. The number of likely N-dealkylation sites (tertiary alicyclic amines) is 1. The van der Waals surface area contributed by atoms with Crippen molar-refractivity contribution >= 4 is 56.6 Å². The molecule has 1 N–H and O–H groups in total. The van der Waals surface area contributed by atoms with Crippen LogP contribution in [0, 0.1) is 12.3 Å². The number of hydrogen-bond acceptors (Lipinski definition) is 6. The quantitative estimate of drug-likeness (QED) is 0.439. The fraction of sp³-hybridized carbons (Fsp3) is 0.276. The van der Waals surface area contributed by atoms with Gasteiger partial charge in [-0.15, -0.1) is 0 Å². The number of benzene rings is 2. The van der Waals surface area contributed by atoms with Gasteiger partial charge in [0.15, 0.2) is 5.84 Å². The molecule has 6 rings (SSSR count). The van der Waals surface area contributed by atoms with E-state index in [0.717, 1.165) is 53.7 Å². The van der Waals surface area contributed by atoms with Crippen LogP contribution in [0.15, 0.2) is 70.4 Å². The molecule has 0 atom stereocenters. The number of amidine groups is 2. The summed E-state index contributed by atoms with van der Waals surface area (Å²) in [5.41, 5.74) is 3.13. The minimum absolute atomic E-state index is 0.0204. The highest BCUT2D eigenvalue weighted by molar-refractivity contribution is 8.27. The molecule has 0 spiro atoms. The van der Waals surface area contributed by atoms with E-state index in [1.54, 1.807) is 6.08 Å². The predicted octanol–water partition coefficient (Wildman–Crippen LogP) is 4.66. The molecule has 0 aliphatic carbocycles. The molecule has 1 fully saturated rings. The number of nitrogens with one attached hydrogen (secondary N) is 1. The Balaban J connectivity index is 1.22. The molecule has 2 amide bonds. The van der Waals surface area contributed by atoms with Gasteiger partial charge in [-0.25, -0.2) is 0 Å². The number of amides is 2. The minimum atomic E-state index is -0.485. The zero-order valence-electron chi connectivity index (χ0n) is 21.6. The molecule has 9 nitrogen and oxygen atoms in total. The first-order chi connectivity index (χ1) is 19.0. The molecule has 2 aromatic carbocycles. The number of carbonyl (C=O) groups is 2. The van der Waals surface area contributed by atoms with Gasteiger partial charge >= 0.3 is 0 Å². The molecule has 198 valence electrons. The number of aromatic nitrogens is 1. The van der Waals surface area contributed by atoms with Crippen molar-refractivity contribution in [2.24, 2.45) is 10.1 Å². The van der Waals surface area contributed by atoms with Crippen LogP contribution in [0.4, 0.5) is 0 Å². The first kappa shape index (κ1) is 25.1. The third-order valence-electron chi connectivity index (χ3n) is 6.97. The van der Waals surface area contributed by atoms with Crippen molar-refractivity contribution in [2.75, 3.05) is 19.7 Å². The van der Waals surface area contributed by atoms with E-state index >= 15 is 0 Å². The van der Waals surface area contributed by atoms with Crippen LogP contribution in [0.25, 0.3) is 17.0 Å². The molecule has 10 heteroatoms. The Morgan fingerprint density at radius 1 is 1.15 bits per heavy atom. The molecule has 0 saturated carbocycles. The minimum Gasteiger partial charge on any atom is -0.492 e.